The fraction of sp³-hybridized carbons (Fsp3) is 0.500. The van der Waals surface area contributed by atoms with E-state index in [1.54, 1.807) is 13.3 Å². The highest BCUT2D eigenvalue weighted by atomic mass is 16.5. The third-order valence-electron chi connectivity index (χ3n) is 2.33. The molecule has 0 saturated carbocycles. The van der Waals surface area contributed by atoms with Gasteiger partial charge in [0, 0.05) is 19.5 Å². The maximum atomic E-state index is 5.45. The van der Waals surface area contributed by atoms with Crippen molar-refractivity contribution in [1.82, 2.24) is 10.4 Å². The van der Waals surface area contributed by atoms with Crippen LogP contribution >= 0.6 is 0 Å². The van der Waals surface area contributed by atoms with Gasteiger partial charge in [0.1, 0.15) is 0 Å². The van der Waals surface area contributed by atoms with E-state index < -0.39 is 0 Å². The highest BCUT2D eigenvalue weighted by molar-refractivity contribution is 5.10. The van der Waals surface area contributed by atoms with Gasteiger partial charge in [-0.3, -0.25) is 16.3 Å². The second-order valence-electron chi connectivity index (χ2n) is 3.28. The number of hydrogen-bond acceptors (Lipinski definition) is 4. The van der Waals surface area contributed by atoms with Gasteiger partial charge in [0.25, 0.3) is 0 Å². The molecule has 3 N–H and O–H groups in total. The maximum absolute atomic E-state index is 5.45. The Balaban J connectivity index is 2.57. The first-order valence-electron chi connectivity index (χ1n) is 4.65. The van der Waals surface area contributed by atoms with Gasteiger partial charge in [0.2, 0.25) is 0 Å². The van der Waals surface area contributed by atoms with E-state index in [2.05, 4.69) is 10.4 Å². The molecule has 0 aliphatic rings. The molecular formula is C10H17N3O. The number of nitrogens with two attached hydrogens (primary N) is 1. The number of methoxy groups -OCH3 is 1. The van der Waals surface area contributed by atoms with Crippen LogP contribution in [0.15, 0.2) is 24.5 Å². The zero-order chi connectivity index (χ0) is 10.4. The summed E-state index contributed by atoms with van der Waals surface area (Å²) in [7, 11) is 1.68. The van der Waals surface area contributed by atoms with Crippen LogP contribution in [0.25, 0.3) is 0 Å². The van der Waals surface area contributed by atoms with Crippen molar-refractivity contribution in [3.63, 3.8) is 0 Å². The van der Waals surface area contributed by atoms with Gasteiger partial charge in [-0.15, -0.1) is 0 Å². The van der Waals surface area contributed by atoms with E-state index in [9.17, 15) is 0 Å². The SMILES string of the molecule is COC(C)C(Cc1cccnc1)NN. The summed E-state index contributed by atoms with van der Waals surface area (Å²) in [5.74, 6) is 5.45. The van der Waals surface area contributed by atoms with Crippen LogP contribution in [0.4, 0.5) is 0 Å². The zero-order valence-electron chi connectivity index (χ0n) is 8.60. The molecule has 4 nitrogen and oxygen atoms in total. The number of ether oxygens (including phenoxy) is 1. The standard InChI is InChI=1S/C10H17N3O/c1-8(14-2)10(13-11)6-9-4-3-5-12-7-9/h3-5,7-8,10,13H,6,11H2,1-2H3. The van der Waals surface area contributed by atoms with Crippen molar-refractivity contribution in [2.24, 2.45) is 5.84 Å². The molecule has 0 spiro atoms. The Kier molecular flexibility index (Phi) is 4.52. The lowest BCUT2D eigenvalue weighted by molar-refractivity contribution is 0.0831. The Morgan fingerprint density at radius 2 is 2.43 bits per heavy atom. The molecule has 0 aliphatic carbocycles. The Morgan fingerprint density at radius 1 is 1.64 bits per heavy atom. The quantitative estimate of drug-likeness (QED) is 0.530. The van der Waals surface area contributed by atoms with Crippen LogP contribution in [0.2, 0.25) is 0 Å². The van der Waals surface area contributed by atoms with Crippen LogP contribution in [-0.2, 0) is 11.2 Å². The second-order valence-corrected chi connectivity index (χ2v) is 3.28. The summed E-state index contributed by atoms with van der Waals surface area (Å²) in [6, 6.07) is 4.06. The van der Waals surface area contributed by atoms with Crippen molar-refractivity contribution in [3.8, 4) is 0 Å². The monoisotopic (exact) mass is 195 g/mol. The molecule has 0 saturated heterocycles. The molecule has 1 heterocycles. The van der Waals surface area contributed by atoms with E-state index >= 15 is 0 Å². The normalized spacial score (nSPS) is 15.1. The minimum atomic E-state index is 0.0835. The Morgan fingerprint density at radius 3 is 2.93 bits per heavy atom. The predicted octanol–water partition coefficient (Wildman–Crippen LogP) is 0.491. The number of aromatic nitrogens is 1. The molecule has 0 amide bonds. The molecule has 0 aromatic carbocycles. The molecule has 0 bridgehead atoms. The van der Waals surface area contributed by atoms with Crippen LogP contribution in [0.5, 0.6) is 0 Å². The molecule has 14 heavy (non-hydrogen) atoms. The van der Waals surface area contributed by atoms with Crippen LogP contribution in [-0.4, -0.2) is 24.2 Å². The van der Waals surface area contributed by atoms with Gasteiger partial charge >= 0.3 is 0 Å². The molecule has 1 aromatic heterocycles. The number of rotatable bonds is 5. The predicted molar refractivity (Wildman–Crippen MR) is 55.5 cm³/mol. The van der Waals surface area contributed by atoms with Crippen LogP contribution < -0.4 is 11.3 Å². The smallest absolute Gasteiger partial charge is 0.0712 e. The lowest BCUT2D eigenvalue weighted by Gasteiger charge is -2.21. The van der Waals surface area contributed by atoms with Crippen LogP contribution in [0.1, 0.15) is 12.5 Å². The van der Waals surface area contributed by atoms with Crippen molar-refractivity contribution in [1.29, 1.82) is 0 Å². The van der Waals surface area contributed by atoms with E-state index in [4.69, 9.17) is 10.6 Å². The van der Waals surface area contributed by atoms with Gasteiger partial charge in [0.15, 0.2) is 0 Å². The van der Waals surface area contributed by atoms with Gasteiger partial charge < -0.3 is 4.74 Å². The first-order valence-corrected chi connectivity index (χ1v) is 4.65. The Hall–Kier alpha value is -0.970. The van der Waals surface area contributed by atoms with Gasteiger partial charge in [-0.1, -0.05) is 6.07 Å². The molecule has 4 heteroatoms. The van der Waals surface area contributed by atoms with E-state index in [1.807, 2.05) is 25.3 Å². The number of hydrazine groups is 1. The second kappa shape index (κ2) is 5.70. The molecular weight excluding hydrogens is 178 g/mol. The van der Waals surface area contributed by atoms with Crippen molar-refractivity contribution in [3.05, 3.63) is 30.1 Å². The summed E-state index contributed by atoms with van der Waals surface area (Å²) < 4.78 is 5.21. The summed E-state index contributed by atoms with van der Waals surface area (Å²) in [6.07, 6.45) is 4.50. The van der Waals surface area contributed by atoms with Crippen LogP contribution in [0, 0.1) is 0 Å². The largest absolute Gasteiger partial charge is 0.380 e. The minimum Gasteiger partial charge on any atom is -0.380 e. The summed E-state index contributed by atoms with van der Waals surface area (Å²) in [5.41, 5.74) is 3.90. The van der Waals surface area contributed by atoms with Crippen LogP contribution in [0.3, 0.4) is 0 Å². The van der Waals surface area contributed by atoms with Crippen molar-refractivity contribution in [2.75, 3.05) is 7.11 Å². The number of hydrogen-bond donors (Lipinski definition) is 2. The third kappa shape index (κ3) is 3.06. The first kappa shape index (κ1) is 11.1. The number of nitrogens with one attached hydrogen (secondary N) is 1. The lowest BCUT2D eigenvalue weighted by Crippen LogP contribution is -2.45. The fourth-order valence-corrected chi connectivity index (χ4v) is 1.30. The van der Waals surface area contributed by atoms with Gasteiger partial charge in [-0.25, -0.2) is 0 Å². The minimum absolute atomic E-state index is 0.0835. The fourth-order valence-electron chi connectivity index (χ4n) is 1.30. The topological polar surface area (TPSA) is 60.2 Å². The number of nitrogens with zero attached hydrogens (tertiary/aromatic N) is 1. The van der Waals surface area contributed by atoms with Gasteiger partial charge in [-0.05, 0) is 25.0 Å². The Bertz CT molecular complexity index is 253. The third-order valence-corrected chi connectivity index (χ3v) is 2.33. The molecule has 0 aliphatic heterocycles. The number of pyridine rings is 1. The van der Waals surface area contributed by atoms with Crippen molar-refractivity contribution < 1.29 is 4.74 Å². The Labute approximate surface area is 84.4 Å². The molecule has 0 radical (unpaired) electrons. The molecule has 2 atom stereocenters. The van der Waals surface area contributed by atoms with Crippen molar-refractivity contribution in [2.45, 2.75) is 25.5 Å². The molecule has 2 unspecified atom stereocenters. The average molecular weight is 195 g/mol. The van der Waals surface area contributed by atoms with E-state index in [0.29, 0.717) is 0 Å². The van der Waals surface area contributed by atoms with Gasteiger partial charge in [0.05, 0.1) is 12.1 Å². The molecule has 1 rings (SSSR count). The van der Waals surface area contributed by atoms with E-state index in [0.717, 1.165) is 12.0 Å². The lowest BCUT2D eigenvalue weighted by atomic mass is 10.0. The molecule has 1 aromatic rings. The highest BCUT2D eigenvalue weighted by Crippen LogP contribution is 2.05. The first-order chi connectivity index (χ1) is 6.77. The average Bonchev–Trinajstić information content (AvgIpc) is 2.26. The molecule has 0 fully saturated rings. The maximum Gasteiger partial charge on any atom is 0.0712 e. The van der Waals surface area contributed by atoms with Gasteiger partial charge in [-0.2, -0.15) is 0 Å². The van der Waals surface area contributed by atoms with E-state index in [1.165, 1.54) is 0 Å². The summed E-state index contributed by atoms with van der Waals surface area (Å²) in [4.78, 5) is 4.05. The molecule has 78 valence electrons. The summed E-state index contributed by atoms with van der Waals surface area (Å²) >= 11 is 0. The highest BCUT2D eigenvalue weighted by Gasteiger charge is 2.15. The summed E-state index contributed by atoms with van der Waals surface area (Å²) in [5, 5.41) is 0. The zero-order valence-corrected chi connectivity index (χ0v) is 8.60. The van der Waals surface area contributed by atoms with Crippen molar-refractivity contribution >= 4 is 0 Å². The summed E-state index contributed by atoms with van der Waals surface area (Å²) in [6.45, 7) is 1.99. The van der Waals surface area contributed by atoms with E-state index in [-0.39, 0.29) is 12.1 Å².